The van der Waals surface area contributed by atoms with Gasteiger partial charge in [-0.25, -0.2) is 13.1 Å². The molecule has 0 fully saturated rings. The number of nitrogens with one attached hydrogen (secondary N) is 2. The first-order valence-corrected chi connectivity index (χ1v) is 11.5. The third-order valence-electron chi connectivity index (χ3n) is 4.98. The van der Waals surface area contributed by atoms with Gasteiger partial charge in [-0.1, -0.05) is 84.4 Å². The predicted octanol–water partition coefficient (Wildman–Crippen LogP) is 4.92. The van der Waals surface area contributed by atoms with Crippen LogP contribution in [0.5, 0.6) is 0 Å². The van der Waals surface area contributed by atoms with Crippen LogP contribution in [0.4, 0.5) is 0 Å². The molecule has 0 heterocycles. The average molecular weight is 421 g/mol. The first-order valence-electron chi connectivity index (χ1n) is 10.0. The van der Waals surface area contributed by atoms with Crippen molar-refractivity contribution in [2.75, 3.05) is 6.54 Å². The maximum absolute atomic E-state index is 13.2. The van der Waals surface area contributed by atoms with Gasteiger partial charge >= 0.3 is 0 Å². The van der Waals surface area contributed by atoms with Gasteiger partial charge in [0.15, 0.2) is 0 Å². The summed E-state index contributed by atoms with van der Waals surface area (Å²) in [5.74, 6) is 0. The summed E-state index contributed by atoms with van der Waals surface area (Å²) in [5, 5.41) is 3.52. The van der Waals surface area contributed by atoms with Crippen molar-refractivity contribution >= 4 is 10.0 Å². The summed E-state index contributed by atoms with van der Waals surface area (Å²) in [6.45, 7) is 6.42. The monoisotopic (exact) mass is 420 g/mol. The van der Waals surface area contributed by atoms with E-state index in [1.165, 1.54) is 0 Å². The number of benzene rings is 3. The molecule has 0 amide bonds. The van der Waals surface area contributed by atoms with E-state index in [0.717, 1.165) is 23.1 Å². The van der Waals surface area contributed by atoms with Crippen LogP contribution in [-0.2, 0) is 10.0 Å². The molecule has 0 aliphatic rings. The second-order valence-electron chi connectivity index (χ2n) is 7.24. The second kappa shape index (κ2) is 10.3. The molecule has 3 rings (SSSR count). The molecule has 0 saturated carbocycles. The third-order valence-corrected chi connectivity index (χ3v) is 6.43. The zero-order chi connectivity index (χ0) is 21.4. The largest absolute Gasteiger partial charge is 0.308 e. The lowest BCUT2D eigenvalue weighted by Crippen LogP contribution is -2.38. The van der Waals surface area contributed by atoms with Crippen LogP contribution in [0.15, 0.2) is 102 Å². The first-order chi connectivity index (χ1) is 14.5. The zero-order valence-electron chi connectivity index (χ0n) is 17.2. The molecule has 5 heteroatoms. The predicted molar refractivity (Wildman–Crippen MR) is 123 cm³/mol. The molecule has 0 saturated heterocycles. The minimum absolute atomic E-state index is 0.242. The zero-order valence-corrected chi connectivity index (χ0v) is 18.0. The van der Waals surface area contributed by atoms with Gasteiger partial charge in [0.25, 0.3) is 0 Å². The molecule has 3 aromatic carbocycles. The smallest absolute Gasteiger partial charge is 0.241 e. The van der Waals surface area contributed by atoms with Gasteiger partial charge < -0.3 is 5.32 Å². The number of hydrogen-bond acceptors (Lipinski definition) is 3. The van der Waals surface area contributed by atoms with E-state index in [-0.39, 0.29) is 10.9 Å². The molecule has 0 spiro atoms. The Bertz CT molecular complexity index is 1030. The third kappa shape index (κ3) is 5.66. The summed E-state index contributed by atoms with van der Waals surface area (Å²) >= 11 is 0. The van der Waals surface area contributed by atoms with E-state index in [9.17, 15) is 8.42 Å². The van der Waals surface area contributed by atoms with Gasteiger partial charge in [-0.2, -0.15) is 0 Å². The second-order valence-corrected chi connectivity index (χ2v) is 8.96. The molecule has 2 N–H and O–H groups in total. The van der Waals surface area contributed by atoms with Crippen LogP contribution in [0, 0.1) is 6.92 Å². The summed E-state index contributed by atoms with van der Waals surface area (Å²) in [5.41, 5.74) is 2.93. The first kappa shape index (κ1) is 22.0. The number of hydrogen-bond donors (Lipinski definition) is 2. The van der Waals surface area contributed by atoms with E-state index >= 15 is 0 Å². The van der Waals surface area contributed by atoms with E-state index in [0.29, 0.717) is 6.54 Å². The Labute approximate surface area is 179 Å². The van der Waals surface area contributed by atoms with Gasteiger partial charge in [-0.3, -0.25) is 0 Å². The van der Waals surface area contributed by atoms with Crippen molar-refractivity contribution in [1.82, 2.24) is 10.0 Å². The fraction of sp³-hybridized carbons (Fsp3) is 0.200. The van der Waals surface area contributed by atoms with E-state index in [1.807, 2.05) is 85.8 Å². The summed E-state index contributed by atoms with van der Waals surface area (Å²) in [7, 11) is -3.72. The highest BCUT2D eigenvalue weighted by Crippen LogP contribution is 2.30. The molecule has 0 aliphatic carbocycles. The molecular weight excluding hydrogens is 392 g/mol. The number of sulfonamides is 1. The fourth-order valence-electron chi connectivity index (χ4n) is 3.37. The Morgan fingerprint density at radius 1 is 0.833 bits per heavy atom. The van der Waals surface area contributed by atoms with Crippen LogP contribution in [-0.4, -0.2) is 15.0 Å². The minimum atomic E-state index is -3.72. The molecule has 0 aliphatic heterocycles. The summed E-state index contributed by atoms with van der Waals surface area (Å²) < 4.78 is 29.4. The Morgan fingerprint density at radius 2 is 1.37 bits per heavy atom. The average Bonchev–Trinajstić information content (AvgIpc) is 2.77. The van der Waals surface area contributed by atoms with Gasteiger partial charge in [-0.05, 0) is 43.1 Å². The van der Waals surface area contributed by atoms with Crippen LogP contribution in [0.2, 0.25) is 0 Å². The van der Waals surface area contributed by atoms with E-state index in [1.54, 1.807) is 12.1 Å². The molecule has 2 atom stereocenters. The summed E-state index contributed by atoms with van der Waals surface area (Å²) in [6.07, 6.45) is 2.64. The molecule has 156 valence electrons. The minimum Gasteiger partial charge on any atom is -0.308 e. The maximum Gasteiger partial charge on any atom is 0.241 e. The number of rotatable bonds is 10. The molecular formula is C25H28N2O2S. The van der Waals surface area contributed by atoms with Crippen molar-refractivity contribution in [3.63, 3.8) is 0 Å². The molecule has 0 bridgehead atoms. The van der Waals surface area contributed by atoms with E-state index in [4.69, 9.17) is 0 Å². The van der Waals surface area contributed by atoms with E-state index < -0.39 is 16.1 Å². The highest BCUT2D eigenvalue weighted by Gasteiger charge is 2.29. The molecule has 0 unspecified atom stereocenters. The lowest BCUT2D eigenvalue weighted by Gasteiger charge is -2.30. The normalized spacial score (nSPS) is 13.5. The Kier molecular flexibility index (Phi) is 7.57. The van der Waals surface area contributed by atoms with Crippen LogP contribution in [0.25, 0.3) is 0 Å². The quantitative estimate of drug-likeness (QED) is 0.361. The van der Waals surface area contributed by atoms with Gasteiger partial charge in [0.1, 0.15) is 0 Å². The highest BCUT2D eigenvalue weighted by molar-refractivity contribution is 7.89. The topological polar surface area (TPSA) is 58.2 Å². The van der Waals surface area contributed by atoms with Gasteiger partial charge in [0.2, 0.25) is 10.0 Å². The van der Waals surface area contributed by atoms with Crippen LogP contribution in [0.1, 0.15) is 35.2 Å². The van der Waals surface area contributed by atoms with Crippen LogP contribution in [0.3, 0.4) is 0 Å². The van der Waals surface area contributed by atoms with Crippen molar-refractivity contribution in [3.8, 4) is 0 Å². The lowest BCUT2D eigenvalue weighted by atomic mass is 9.94. The van der Waals surface area contributed by atoms with Crippen LogP contribution < -0.4 is 10.0 Å². The Balaban J connectivity index is 2.01. The van der Waals surface area contributed by atoms with Gasteiger partial charge in [-0.15, -0.1) is 6.58 Å². The molecule has 0 aromatic heterocycles. The summed E-state index contributed by atoms with van der Waals surface area (Å²) in [6, 6.07) is 25.8. The van der Waals surface area contributed by atoms with Gasteiger partial charge in [0, 0.05) is 0 Å². The number of aryl methyl sites for hydroxylation is 1. The summed E-state index contributed by atoms with van der Waals surface area (Å²) in [4.78, 5) is 0.256. The van der Waals surface area contributed by atoms with Crippen molar-refractivity contribution in [3.05, 3.63) is 114 Å². The van der Waals surface area contributed by atoms with Crippen molar-refractivity contribution in [2.45, 2.75) is 30.3 Å². The van der Waals surface area contributed by atoms with Crippen molar-refractivity contribution in [1.29, 1.82) is 0 Å². The van der Waals surface area contributed by atoms with Crippen molar-refractivity contribution < 1.29 is 8.42 Å². The molecule has 30 heavy (non-hydrogen) atoms. The maximum atomic E-state index is 13.2. The van der Waals surface area contributed by atoms with Gasteiger partial charge in [0.05, 0.1) is 17.0 Å². The molecule has 0 radical (unpaired) electrons. The lowest BCUT2D eigenvalue weighted by molar-refractivity contribution is 0.426. The molecule has 3 aromatic rings. The van der Waals surface area contributed by atoms with E-state index in [2.05, 4.69) is 16.6 Å². The highest BCUT2D eigenvalue weighted by atomic mass is 32.2. The Morgan fingerprint density at radius 3 is 1.90 bits per heavy atom. The van der Waals surface area contributed by atoms with Crippen LogP contribution >= 0.6 is 0 Å². The fourth-order valence-corrected chi connectivity index (χ4v) is 4.61. The SMILES string of the molecule is C=CCCN[C@@H](c1ccccc1)[C@H](NS(=O)(=O)c1ccc(C)cc1)c1ccccc1. The standard InChI is InChI=1S/C25H28N2O2S/c1-3-4-19-26-24(21-11-7-5-8-12-21)25(22-13-9-6-10-14-22)27-30(28,29)23-17-15-20(2)16-18-23/h3,5-18,24-27H,1,4,19H2,2H3/t24-,25+/m0/s1. The Hall–Kier alpha value is -2.73. The molecule has 4 nitrogen and oxygen atoms in total. The van der Waals surface area contributed by atoms with Crippen molar-refractivity contribution in [2.24, 2.45) is 0 Å².